The van der Waals surface area contributed by atoms with Crippen molar-refractivity contribution in [1.82, 2.24) is 9.88 Å². The quantitative estimate of drug-likeness (QED) is 0.643. The molecule has 5 heteroatoms. The second-order valence-corrected chi connectivity index (χ2v) is 6.92. The van der Waals surface area contributed by atoms with Gasteiger partial charge in [-0.05, 0) is 61.6 Å². The highest BCUT2D eigenvalue weighted by atomic mass is 16.5. The van der Waals surface area contributed by atoms with Crippen molar-refractivity contribution in [3.8, 4) is 11.8 Å². The molecular formula is C23H25N3O2. The highest BCUT2D eigenvalue weighted by Gasteiger charge is 2.16. The first-order valence-corrected chi connectivity index (χ1v) is 9.75. The van der Waals surface area contributed by atoms with Gasteiger partial charge in [0.05, 0.1) is 30.8 Å². The summed E-state index contributed by atoms with van der Waals surface area (Å²) in [5, 5.41) is 8.88. The molecule has 144 valence electrons. The number of pyridine rings is 1. The molecule has 28 heavy (non-hydrogen) atoms. The maximum atomic E-state index is 12.7. The highest BCUT2D eigenvalue weighted by molar-refractivity contribution is 5.91. The number of nitrogens with zero attached hydrogens (tertiary/aromatic N) is 3. The molecule has 1 heterocycles. The molecule has 0 bridgehead atoms. The van der Waals surface area contributed by atoms with Crippen LogP contribution in [0.5, 0.6) is 5.75 Å². The van der Waals surface area contributed by atoms with Gasteiger partial charge in [0, 0.05) is 18.8 Å². The number of carbonyl (C=O) groups excluding carboxylic acids is 1. The Kier molecular flexibility index (Phi) is 7.20. The predicted molar refractivity (Wildman–Crippen MR) is 108 cm³/mol. The number of rotatable bonds is 8. The van der Waals surface area contributed by atoms with Crippen molar-refractivity contribution in [2.45, 2.75) is 44.8 Å². The van der Waals surface area contributed by atoms with Crippen LogP contribution in [-0.2, 0) is 11.3 Å². The first kappa shape index (κ1) is 19.6. The van der Waals surface area contributed by atoms with Crippen molar-refractivity contribution in [3.05, 3.63) is 66.0 Å². The van der Waals surface area contributed by atoms with Gasteiger partial charge in [0.25, 0.3) is 0 Å². The van der Waals surface area contributed by atoms with Gasteiger partial charge in [-0.15, -0.1) is 0 Å². The maximum absolute atomic E-state index is 12.7. The fraction of sp³-hybridized carbons (Fsp3) is 0.348. The molecule has 0 saturated heterocycles. The SMILES string of the molecule is N#CCCN(Cc1ccccn1)C(=O)/C=C/c1cccc(OC2CCCC2)c1. The van der Waals surface area contributed by atoms with Crippen molar-refractivity contribution < 1.29 is 9.53 Å². The number of carbonyl (C=O) groups is 1. The van der Waals surface area contributed by atoms with Crippen LogP contribution in [-0.4, -0.2) is 28.4 Å². The van der Waals surface area contributed by atoms with E-state index in [0.29, 0.717) is 19.2 Å². The lowest BCUT2D eigenvalue weighted by Gasteiger charge is -2.19. The van der Waals surface area contributed by atoms with E-state index in [0.717, 1.165) is 29.8 Å². The summed E-state index contributed by atoms with van der Waals surface area (Å²) in [6.45, 7) is 0.762. The summed E-state index contributed by atoms with van der Waals surface area (Å²) in [5.41, 5.74) is 1.72. The van der Waals surface area contributed by atoms with Gasteiger partial charge in [0.2, 0.25) is 5.91 Å². The summed E-state index contributed by atoms with van der Waals surface area (Å²) in [7, 11) is 0. The van der Waals surface area contributed by atoms with Crippen molar-refractivity contribution >= 4 is 12.0 Å². The molecule has 2 aromatic rings. The summed E-state index contributed by atoms with van der Waals surface area (Å²) < 4.78 is 6.03. The van der Waals surface area contributed by atoms with Crippen LogP contribution in [0.2, 0.25) is 0 Å². The predicted octanol–water partition coefficient (Wildman–Crippen LogP) is 4.36. The van der Waals surface area contributed by atoms with E-state index in [-0.39, 0.29) is 12.3 Å². The summed E-state index contributed by atoms with van der Waals surface area (Å²) >= 11 is 0. The van der Waals surface area contributed by atoms with E-state index in [2.05, 4.69) is 11.1 Å². The van der Waals surface area contributed by atoms with E-state index < -0.39 is 0 Å². The summed E-state index contributed by atoms with van der Waals surface area (Å²) in [4.78, 5) is 18.6. The van der Waals surface area contributed by atoms with Crippen LogP contribution < -0.4 is 4.74 Å². The Hall–Kier alpha value is -3.13. The minimum absolute atomic E-state index is 0.136. The Morgan fingerprint density at radius 2 is 2.11 bits per heavy atom. The van der Waals surface area contributed by atoms with Gasteiger partial charge in [-0.3, -0.25) is 9.78 Å². The average molecular weight is 375 g/mol. The molecular weight excluding hydrogens is 350 g/mol. The molecule has 1 aromatic carbocycles. The van der Waals surface area contributed by atoms with Crippen molar-refractivity contribution in [1.29, 1.82) is 5.26 Å². The normalized spacial score (nSPS) is 14.1. The Balaban J connectivity index is 1.64. The Morgan fingerprint density at radius 1 is 1.25 bits per heavy atom. The van der Waals surface area contributed by atoms with E-state index in [9.17, 15) is 4.79 Å². The number of amides is 1. The summed E-state index contributed by atoms with van der Waals surface area (Å²) in [6.07, 6.45) is 10.3. The van der Waals surface area contributed by atoms with E-state index >= 15 is 0 Å². The third-order valence-electron chi connectivity index (χ3n) is 4.77. The van der Waals surface area contributed by atoms with Crippen LogP contribution in [0.1, 0.15) is 43.4 Å². The molecule has 0 unspecified atom stereocenters. The third-order valence-corrected chi connectivity index (χ3v) is 4.77. The first-order valence-electron chi connectivity index (χ1n) is 9.75. The van der Waals surface area contributed by atoms with Gasteiger partial charge < -0.3 is 9.64 Å². The molecule has 1 aromatic heterocycles. The molecule has 0 aliphatic heterocycles. The van der Waals surface area contributed by atoms with Crippen LogP contribution in [0.15, 0.2) is 54.7 Å². The Morgan fingerprint density at radius 3 is 2.86 bits per heavy atom. The lowest BCUT2D eigenvalue weighted by molar-refractivity contribution is -0.126. The number of ether oxygens (including phenoxy) is 1. The molecule has 0 atom stereocenters. The first-order chi connectivity index (χ1) is 13.7. The van der Waals surface area contributed by atoms with Crippen molar-refractivity contribution in [2.75, 3.05) is 6.54 Å². The molecule has 1 fully saturated rings. The van der Waals surface area contributed by atoms with Crippen LogP contribution in [0.25, 0.3) is 6.08 Å². The van der Waals surface area contributed by atoms with Crippen LogP contribution >= 0.6 is 0 Å². The van der Waals surface area contributed by atoms with Crippen LogP contribution in [0.3, 0.4) is 0 Å². The minimum Gasteiger partial charge on any atom is -0.490 e. The third kappa shape index (κ3) is 5.95. The zero-order valence-electron chi connectivity index (χ0n) is 16.0. The maximum Gasteiger partial charge on any atom is 0.246 e. The number of aromatic nitrogens is 1. The highest BCUT2D eigenvalue weighted by Crippen LogP contribution is 2.24. The van der Waals surface area contributed by atoms with E-state index in [1.54, 1.807) is 23.2 Å². The molecule has 3 rings (SSSR count). The Bertz CT molecular complexity index is 836. The summed E-state index contributed by atoms with van der Waals surface area (Å²) in [6, 6.07) is 15.5. The van der Waals surface area contributed by atoms with Crippen molar-refractivity contribution in [3.63, 3.8) is 0 Å². The fourth-order valence-corrected chi connectivity index (χ4v) is 3.30. The molecule has 0 spiro atoms. The molecule has 1 aliphatic carbocycles. The van der Waals surface area contributed by atoms with Gasteiger partial charge >= 0.3 is 0 Å². The lowest BCUT2D eigenvalue weighted by atomic mass is 10.2. The topological polar surface area (TPSA) is 66.2 Å². The molecule has 0 radical (unpaired) electrons. The largest absolute Gasteiger partial charge is 0.490 e. The van der Waals surface area contributed by atoms with Crippen LogP contribution in [0, 0.1) is 11.3 Å². The second kappa shape index (κ2) is 10.3. The molecule has 1 saturated carbocycles. The fourth-order valence-electron chi connectivity index (χ4n) is 3.30. The number of hydrogen-bond donors (Lipinski definition) is 0. The molecule has 0 N–H and O–H groups in total. The summed E-state index contributed by atoms with van der Waals surface area (Å²) in [5.74, 6) is 0.708. The molecule has 1 amide bonds. The van der Waals surface area contributed by atoms with E-state index in [1.807, 2.05) is 42.5 Å². The number of hydrogen-bond acceptors (Lipinski definition) is 4. The number of nitriles is 1. The lowest BCUT2D eigenvalue weighted by Crippen LogP contribution is -2.30. The standard InChI is InChI=1S/C23H25N3O2/c24-14-6-16-26(18-20-8-3-4-15-25-20)23(27)13-12-19-7-5-11-22(17-19)28-21-9-1-2-10-21/h3-5,7-8,11-13,15,17,21H,1-2,6,9-10,16,18H2/b13-12+. The zero-order valence-corrected chi connectivity index (χ0v) is 16.0. The van der Waals surface area contributed by atoms with Gasteiger partial charge in [-0.2, -0.15) is 5.26 Å². The van der Waals surface area contributed by atoms with Crippen molar-refractivity contribution in [2.24, 2.45) is 0 Å². The average Bonchev–Trinajstić information content (AvgIpc) is 3.23. The van der Waals surface area contributed by atoms with Gasteiger partial charge in [-0.1, -0.05) is 18.2 Å². The second-order valence-electron chi connectivity index (χ2n) is 6.92. The van der Waals surface area contributed by atoms with E-state index in [1.165, 1.54) is 12.8 Å². The zero-order chi connectivity index (χ0) is 19.6. The van der Waals surface area contributed by atoms with Gasteiger partial charge in [0.15, 0.2) is 0 Å². The van der Waals surface area contributed by atoms with E-state index in [4.69, 9.17) is 10.00 Å². The number of benzene rings is 1. The van der Waals surface area contributed by atoms with Crippen LogP contribution in [0.4, 0.5) is 0 Å². The smallest absolute Gasteiger partial charge is 0.246 e. The minimum atomic E-state index is -0.136. The Labute approximate surface area is 166 Å². The molecule has 1 aliphatic rings. The van der Waals surface area contributed by atoms with Gasteiger partial charge in [0.1, 0.15) is 5.75 Å². The molecule has 5 nitrogen and oxygen atoms in total. The monoisotopic (exact) mass is 375 g/mol. The van der Waals surface area contributed by atoms with Gasteiger partial charge in [-0.25, -0.2) is 0 Å².